The quantitative estimate of drug-likeness (QED) is 0.861. The summed E-state index contributed by atoms with van der Waals surface area (Å²) in [5.74, 6) is -1.65. The van der Waals surface area contributed by atoms with Crippen LogP contribution in [0.15, 0.2) is 18.3 Å². The summed E-state index contributed by atoms with van der Waals surface area (Å²) >= 11 is 0. The largest absolute Gasteiger partial charge is 0.481 e. The number of rotatable bonds is 5. The fourth-order valence-electron chi connectivity index (χ4n) is 1.64. The van der Waals surface area contributed by atoms with Crippen molar-refractivity contribution in [2.75, 3.05) is 13.1 Å². The van der Waals surface area contributed by atoms with Crippen LogP contribution in [-0.2, 0) is 4.79 Å². The van der Waals surface area contributed by atoms with Gasteiger partial charge in [0, 0.05) is 25.0 Å². The molecule has 0 saturated carbocycles. The van der Waals surface area contributed by atoms with Crippen LogP contribution in [0.5, 0.6) is 0 Å². The highest BCUT2D eigenvalue weighted by molar-refractivity contribution is 5.95. The molecule has 0 fully saturated rings. The van der Waals surface area contributed by atoms with Gasteiger partial charge in [0.1, 0.15) is 0 Å². The third kappa shape index (κ3) is 3.29. The van der Waals surface area contributed by atoms with Gasteiger partial charge in [-0.05, 0) is 26.0 Å². The molecule has 1 unspecified atom stereocenters. The van der Waals surface area contributed by atoms with Gasteiger partial charge in [0.25, 0.3) is 5.91 Å². The Balaban J connectivity index is 2.86. The van der Waals surface area contributed by atoms with Crippen molar-refractivity contribution < 1.29 is 14.7 Å². The summed E-state index contributed by atoms with van der Waals surface area (Å²) in [6.45, 7) is 5.87. The van der Waals surface area contributed by atoms with Crippen LogP contribution in [-0.4, -0.2) is 40.0 Å². The van der Waals surface area contributed by atoms with E-state index in [0.29, 0.717) is 17.8 Å². The number of carbonyl (C=O) groups excluding carboxylic acids is 1. The predicted molar refractivity (Wildman–Crippen MR) is 67.4 cm³/mol. The van der Waals surface area contributed by atoms with Crippen LogP contribution in [0.1, 0.15) is 29.9 Å². The summed E-state index contributed by atoms with van der Waals surface area (Å²) in [6, 6.07) is 3.41. The molecule has 98 valence electrons. The van der Waals surface area contributed by atoms with E-state index in [0.717, 1.165) is 0 Å². The van der Waals surface area contributed by atoms with Crippen LogP contribution in [0.25, 0.3) is 0 Å². The monoisotopic (exact) mass is 250 g/mol. The van der Waals surface area contributed by atoms with Crippen molar-refractivity contribution in [1.29, 1.82) is 0 Å². The molecule has 0 saturated heterocycles. The third-order valence-corrected chi connectivity index (χ3v) is 2.82. The van der Waals surface area contributed by atoms with Gasteiger partial charge in [-0.25, -0.2) is 0 Å². The van der Waals surface area contributed by atoms with Crippen molar-refractivity contribution in [3.63, 3.8) is 0 Å². The Hall–Kier alpha value is -1.91. The SMILES string of the molecule is CCN(CC(C)C(=O)O)C(=O)c1cccnc1C. The van der Waals surface area contributed by atoms with E-state index in [4.69, 9.17) is 5.11 Å². The number of hydrogen-bond donors (Lipinski definition) is 1. The lowest BCUT2D eigenvalue weighted by atomic mass is 10.1. The van der Waals surface area contributed by atoms with E-state index in [1.165, 1.54) is 4.90 Å². The average molecular weight is 250 g/mol. The molecule has 1 amide bonds. The Morgan fingerprint density at radius 1 is 1.50 bits per heavy atom. The average Bonchev–Trinajstić information content (AvgIpc) is 2.35. The van der Waals surface area contributed by atoms with Crippen molar-refractivity contribution in [2.45, 2.75) is 20.8 Å². The minimum absolute atomic E-state index is 0.170. The Morgan fingerprint density at radius 3 is 2.67 bits per heavy atom. The molecule has 0 aliphatic heterocycles. The number of carboxylic acids is 1. The van der Waals surface area contributed by atoms with E-state index >= 15 is 0 Å². The summed E-state index contributed by atoms with van der Waals surface area (Å²) in [6.07, 6.45) is 1.63. The Bertz CT molecular complexity index is 446. The zero-order chi connectivity index (χ0) is 13.7. The van der Waals surface area contributed by atoms with Crippen molar-refractivity contribution in [3.8, 4) is 0 Å². The molecular weight excluding hydrogens is 232 g/mol. The van der Waals surface area contributed by atoms with Crippen molar-refractivity contribution in [2.24, 2.45) is 5.92 Å². The van der Waals surface area contributed by atoms with Gasteiger partial charge < -0.3 is 10.0 Å². The zero-order valence-corrected chi connectivity index (χ0v) is 10.9. The van der Waals surface area contributed by atoms with Crippen LogP contribution in [0.2, 0.25) is 0 Å². The fraction of sp³-hybridized carbons (Fsp3) is 0.462. The Morgan fingerprint density at radius 2 is 2.17 bits per heavy atom. The number of aryl methyl sites for hydroxylation is 1. The molecule has 5 nitrogen and oxygen atoms in total. The minimum atomic E-state index is -0.899. The third-order valence-electron chi connectivity index (χ3n) is 2.82. The lowest BCUT2D eigenvalue weighted by Gasteiger charge is -2.23. The first kappa shape index (κ1) is 14.2. The maximum absolute atomic E-state index is 12.2. The molecule has 0 spiro atoms. The molecule has 1 atom stereocenters. The Labute approximate surface area is 106 Å². The molecular formula is C13H18N2O3. The summed E-state index contributed by atoms with van der Waals surface area (Å²) < 4.78 is 0. The number of aliphatic carboxylic acids is 1. The number of amides is 1. The molecule has 0 aliphatic rings. The van der Waals surface area contributed by atoms with Gasteiger partial charge in [-0.15, -0.1) is 0 Å². The van der Waals surface area contributed by atoms with E-state index in [2.05, 4.69) is 4.98 Å². The predicted octanol–water partition coefficient (Wildman–Crippen LogP) is 1.57. The molecule has 5 heteroatoms. The molecule has 1 rings (SSSR count). The van der Waals surface area contributed by atoms with Crippen molar-refractivity contribution in [3.05, 3.63) is 29.6 Å². The number of hydrogen-bond acceptors (Lipinski definition) is 3. The van der Waals surface area contributed by atoms with Crippen molar-refractivity contribution in [1.82, 2.24) is 9.88 Å². The molecule has 1 aromatic rings. The van der Waals surface area contributed by atoms with E-state index in [-0.39, 0.29) is 12.5 Å². The molecule has 0 aliphatic carbocycles. The maximum Gasteiger partial charge on any atom is 0.308 e. The topological polar surface area (TPSA) is 70.5 Å². The first-order chi connectivity index (χ1) is 8.47. The molecule has 0 radical (unpaired) electrons. The first-order valence-electron chi connectivity index (χ1n) is 5.91. The number of aromatic nitrogens is 1. The highest BCUT2D eigenvalue weighted by atomic mass is 16.4. The van der Waals surface area contributed by atoms with Crippen LogP contribution in [0.4, 0.5) is 0 Å². The van der Waals surface area contributed by atoms with Crippen LogP contribution < -0.4 is 0 Å². The molecule has 18 heavy (non-hydrogen) atoms. The van der Waals surface area contributed by atoms with Gasteiger partial charge in [-0.2, -0.15) is 0 Å². The molecule has 1 N–H and O–H groups in total. The number of pyridine rings is 1. The van der Waals surface area contributed by atoms with E-state index in [9.17, 15) is 9.59 Å². The second-order valence-corrected chi connectivity index (χ2v) is 4.22. The number of carbonyl (C=O) groups is 2. The van der Waals surface area contributed by atoms with Crippen LogP contribution >= 0.6 is 0 Å². The molecule has 1 heterocycles. The van der Waals surface area contributed by atoms with E-state index < -0.39 is 11.9 Å². The summed E-state index contributed by atoms with van der Waals surface area (Å²) in [4.78, 5) is 28.7. The summed E-state index contributed by atoms with van der Waals surface area (Å²) in [7, 11) is 0. The standard InChI is InChI=1S/C13H18N2O3/c1-4-15(8-9(2)13(17)18)12(16)11-6-5-7-14-10(11)3/h5-7,9H,4,8H2,1-3H3,(H,17,18). The lowest BCUT2D eigenvalue weighted by molar-refractivity contribution is -0.141. The van der Waals surface area contributed by atoms with Crippen molar-refractivity contribution >= 4 is 11.9 Å². The van der Waals surface area contributed by atoms with Crippen LogP contribution in [0.3, 0.4) is 0 Å². The maximum atomic E-state index is 12.2. The number of carboxylic acid groups (broad SMARTS) is 1. The van der Waals surface area contributed by atoms with E-state index in [1.54, 1.807) is 32.2 Å². The summed E-state index contributed by atoms with van der Waals surface area (Å²) in [5.41, 5.74) is 1.18. The highest BCUT2D eigenvalue weighted by Crippen LogP contribution is 2.10. The van der Waals surface area contributed by atoms with Gasteiger partial charge in [0.15, 0.2) is 0 Å². The number of nitrogens with zero attached hydrogens (tertiary/aromatic N) is 2. The second-order valence-electron chi connectivity index (χ2n) is 4.22. The summed E-state index contributed by atoms with van der Waals surface area (Å²) in [5, 5.41) is 8.88. The second kappa shape index (κ2) is 6.14. The Kier molecular flexibility index (Phi) is 4.83. The smallest absolute Gasteiger partial charge is 0.308 e. The lowest BCUT2D eigenvalue weighted by Crippen LogP contribution is -2.37. The van der Waals surface area contributed by atoms with Gasteiger partial charge >= 0.3 is 5.97 Å². The molecule has 1 aromatic heterocycles. The zero-order valence-electron chi connectivity index (χ0n) is 10.9. The van der Waals surface area contributed by atoms with Gasteiger partial charge in [-0.1, -0.05) is 6.92 Å². The normalized spacial score (nSPS) is 11.9. The van der Waals surface area contributed by atoms with Gasteiger partial charge in [0.2, 0.25) is 0 Å². The first-order valence-corrected chi connectivity index (χ1v) is 5.91. The van der Waals surface area contributed by atoms with E-state index in [1.807, 2.05) is 6.92 Å². The van der Waals surface area contributed by atoms with Crippen LogP contribution in [0, 0.1) is 12.8 Å². The van der Waals surface area contributed by atoms with Gasteiger partial charge in [-0.3, -0.25) is 14.6 Å². The minimum Gasteiger partial charge on any atom is -0.481 e. The molecule has 0 aromatic carbocycles. The molecule has 0 bridgehead atoms. The van der Waals surface area contributed by atoms with Gasteiger partial charge in [0.05, 0.1) is 11.5 Å². The fourth-order valence-corrected chi connectivity index (χ4v) is 1.64. The highest BCUT2D eigenvalue weighted by Gasteiger charge is 2.21.